The van der Waals surface area contributed by atoms with E-state index < -0.39 is 12.7 Å². The van der Waals surface area contributed by atoms with Crippen molar-refractivity contribution in [2.24, 2.45) is 0 Å². The van der Waals surface area contributed by atoms with E-state index in [1.165, 1.54) is 24.5 Å². The molecule has 5 nitrogen and oxygen atoms in total. The molecule has 1 N–H and O–H groups in total. The van der Waals surface area contributed by atoms with Gasteiger partial charge >= 0.3 is 6.61 Å². The number of rotatable bonds is 6. The zero-order valence-corrected chi connectivity index (χ0v) is 12.4. The number of hydrogen-bond donors (Lipinski definition) is 1. The molecule has 22 heavy (non-hydrogen) atoms. The second kappa shape index (κ2) is 7.22. The summed E-state index contributed by atoms with van der Waals surface area (Å²) in [4.78, 5) is 15.9. The lowest BCUT2D eigenvalue weighted by Gasteiger charge is -2.15. The van der Waals surface area contributed by atoms with Crippen molar-refractivity contribution in [2.75, 3.05) is 0 Å². The van der Waals surface area contributed by atoms with Crippen molar-refractivity contribution >= 4 is 17.5 Å². The molecule has 0 aliphatic carbocycles. The van der Waals surface area contributed by atoms with Gasteiger partial charge in [0.15, 0.2) is 0 Å². The molecule has 2 rings (SSSR count). The maximum atomic E-state index is 12.4. The van der Waals surface area contributed by atoms with Gasteiger partial charge in [-0.25, -0.2) is 4.98 Å². The summed E-state index contributed by atoms with van der Waals surface area (Å²) >= 11 is 5.84. The van der Waals surface area contributed by atoms with E-state index in [-0.39, 0.29) is 18.2 Å². The first-order valence-corrected chi connectivity index (χ1v) is 6.83. The monoisotopic (exact) mass is 329 g/mol. The SMILES string of the molecule is C[C@@H](C(=O)NCc1cc(Cl)ccc1OC(F)F)n1ccnc1. The summed E-state index contributed by atoms with van der Waals surface area (Å²) in [7, 11) is 0. The van der Waals surface area contributed by atoms with Crippen molar-refractivity contribution in [3.05, 3.63) is 47.5 Å². The van der Waals surface area contributed by atoms with Gasteiger partial charge < -0.3 is 14.6 Å². The average molecular weight is 330 g/mol. The third kappa shape index (κ3) is 4.17. The molecule has 1 aromatic carbocycles. The van der Waals surface area contributed by atoms with Crippen LogP contribution < -0.4 is 10.1 Å². The minimum absolute atomic E-state index is 0.0185. The Morgan fingerprint density at radius 2 is 2.27 bits per heavy atom. The number of hydrogen-bond acceptors (Lipinski definition) is 3. The van der Waals surface area contributed by atoms with E-state index >= 15 is 0 Å². The van der Waals surface area contributed by atoms with Crippen molar-refractivity contribution in [2.45, 2.75) is 26.1 Å². The predicted octanol–water partition coefficient (Wildman–Crippen LogP) is 3.02. The summed E-state index contributed by atoms with van der Waals surface area (Å²) in [6.07, 6.45) is 4.75. The van der Waals surface area contributed by atoms with Gasteiger partial charge in [0.25, 0.3) is 0 Å². The Balaban J connectivity index is 2.04. The normalized spacial score (nSPS) is 12.2. The van der Waals surface area contributed by atoms with Gasteiger partial charge in [0, 0.05) is 29.5 Å². The molecule has 0 unspecified atom stereocenters. The number of amides is 1. The largest absolute Gasteiger partial charge is 0.434 e. The maximum absolute atomic E-state index is 12.4. The molecule has 0 spiro atoms. The van der Waals surface area contributed by atoms with E-state index in [0.717, 1.165) is 0 Å². The summed E-state index contributed by atoms with van der Waals surface area (Å²) < 4.78 is 30.8. The number of nitrogens with zero attached hydrogens (tertiary/aromatic N) is 2. The third-order valence-electron chi connectivity index (χ3n) is 3.04. The fourth-order valence-corrected chi connectivity index (χ4v) is 2.06. The molecule has 2 aromatic rings. The zero-order chi connectivity index (χ0) is 16.1. The van der Waals surface area contributed by atoms with Crippen molar-refractivity contribution < 1.29 is 18.3 Å². The molecule has 1 aromatic heterocycles. The van der Waals surface area contributed by atoms with E-state index in [4.69, 9.17) is 11.6 Å². The highest BCUT2D eigenvalue weighted by Gasteiger charge is 2.16. The average Bonchev–Trinajstić information content (AvgIpc) is 3.00. The van der Waals surface area contributed by atoms with Gasteiger partial charge in [0.2, 0.25) is 5.91 Å². The lowest BCUT2D eigenvalue weighted by atomic mass is 10.2. The molecular formula is C14H14ClF2N3O2. The Morgan fingerprint density at radius 3 is 2.91 bits per heavy atom. The molecule has 118 valence electrons. The van der Waals surface area contributed by atoms with Crippen molar-refractivity contribution in [3.8, 4) is 5.75 Å². The van der Waals surface area contributed by atoms with Crippen LogP contribution >= 0.6 is 11.6 Å². The molecule has 8 heteroatoms. The van der Waals surface area contributed by atoms with Crippen LogP contribution in [0.25, 0.3) is 0 Å². The summed E-state index contributed by atoms with van der Waals surface area (Å²) in [5.41, 5.74) is 0.374. The highest BCUT2D eigenvalue weighted by atomic mass is 35.5. The lowest BCUT2D eigenvalue weighted by Crippen LogP contribution is -2.30. The number of imidazole rings is 1. The van der Waals surface area contributed by atoms with E-state index in [2.05, 4.69) is 15.0 Å². The minimum atomic E-state index is -2.94. The Bertz CT molecular complexity index is 635. The van der Waals surface area contributed by atoms with E-state index in [0.29, 0.717) is 10.6 Å². The first kappa shape index (κ1) is 16.2. The predicted molar refractivity (Wildman–Crippen MR) is 76.9 cm³/mol. The van der Waals surface area contributed by atoms with E-state index in [1.807, 2.05) is 0 Å². The lowest BCUT2D eigenvalue weighted by molar-refractivity contribution is -0.124. The Morgan fingerprint density at radius 1 is 1.50 bits per heavy atom. The number of ether oxygens (including phenoxy) is 1. The second-order valence-electron chi connectivity index (χ2n) is 4.53. The highest BCUT2D eigenvalue weighted by molar-refractivity contribution is 6.30. The van der Waals surface area contributed by atoms with Gasteiger partial charge in [-0.1, -0.05) is 11.6 Å². The molecule has 0 saturated heterocycles. The number of benzene rings is 1. The summed E-state index contributed by atoms with van der Waals surface area (Å²) in [5, 5.41) is 3.03. The molecule has 0 saturated carbocycles. The van der Waals surface area contributed by atoms with Crippen molar-refractivity contribution in [1.29, 1.82) is 0 Å². The van der Waals surface area contributed by atoms with Gasteiger partial charge in [0.1, 0.15) is 11.8 Å². The Labute approximate surface area is 130 Å². The zero-order valence-electron chi connectivity index (χ0n) is 11.7. The van der Waals surface area contributed by atoms with Gasteiger partial charge in [-0.2, -0.15) is 8.78 Å². The minimum Gasteiger partial charge on any atom is -0.434 e. The summed E-state index contributed by atoms with van der Waals surface area (Å²) in [6, 6.07) is 3.79. The van der Waals surface area contributed by atoms with Crippen LogP contribution in [0.2, 0.25) is 5.02 Å². The molecule has 1 atom stereocenters. The van der Waals surface area contributed by atoms with Crippen LogP contribution in [0, 0.1) is 0 Å². The molecule has 0 radical (unpaired) electrons. The standard InChI is InChI=1S/C14H14ClF2N3O2/c1-9(20-5-4-18-8-20)13(21)19-7-10-6-11(15)2-3-12(10)22-14(16)17/h2-6,8-9,14H,7H2,1H3,(H,19,21)/t9-/m0/s1. The number of alkyl halides is 2. The Kier molecular flexibility index (Phi) is 5.32. The van der Waals surface area contributed by atoms with Gasteiger partial charge in [-0.05, 0) is 25.1 Å². The highest BCUT2D eigenvalue weighted by Crippen LogP contribution is 2.24. The first-order chi connectivity index (χ1) is 10.5. The molecule has 0 fully saturated rings. The van der Waals surface area contributed by atoms with Crippen LogP contribution in [0.15, 0.2) is 36.9 Å². The van der Waals surface area contributed by atoms with Crippen molar-refractivity contribution in [1.82, 2.24) is 14.9 Å². The molecule has 0 aliphatic rings. The number of halogens is 3. The van der Waals surface area contributed by atoms with E-state index in [9.17, 15) is 13.6 Å². The van der Waals surface area contributed by atoms with Crippen LogP contribution in [-0.4, -0.2) is 22.1 Å². The maximum Gasteiger partial charge on any atom is 0.387 e. The summed E-state index contributed by atoms with van der Waals surface area (Å²) in [6.45, 7) is -1.22. The third-order valence-corrected chi connectivity index (χ3v) is 3.28. The van der Waals surface area contributed by atoms with Crippen molar-refractivity contribution in [3.63, 3.8) is 0 Å². The van der Waals surface area contributed by atoms with Crippen LogP contribution in [0.1, 0.15) is 18.5 Å². The van der Waals surface area contributed by atoms with Crippen LogP contribution in [0.3, 0.4) is 0 Å². The van der Waals surface area contributed by atoms with E-state index in [1.54, 1.807) is 23.9 Å². The molecule has 0 bridgehead atoms. The number of carbonyl (C=O) groups excluding carboxylic acids is 1. The second-order valence-corrected chi connectivity index (χ2v) is 4.97. The molecule has 0 aliphatic heterocycles. The number of carbonyl (C=O) groups is 1. The van der Waals surface area contributed by atoms with Crippen LogP contribution in [0.4, 0.5) is 8.78 Å². The fourth-order valence-electron chi connectivity index (χ4n) is 1.86. The number of aromatic nitrogens is 2. The van der Waals surface area contributed by atoms with Crippen LogP contribution in [0.5, 0.6) is 5.75 Å². The first-order valence-electron chi connectivity index (χ1n) is 6.45. The number of nitrogens with one attached hydrogen (secondary N) is 1. The van der Waals surface area contributed by atoms with Crippen LogP contribution in [-0.2, 0) is 11.3 Å². The molecular weight excluding hydrogens is 316 g/mol. The van der Waals surface area contributed by atoms with Gasteiger partial charge in [-0.3, -0.25) is 4.79 Å². The Hall–Kier alpha value is -2.15. The van der Waals surface area contributed by atoms with Gasteiger partial charge in [0.05, 0.1) is 6.33 Å². The quantitative estimate of drug-likeness (QED) is 0.886. The molecule has 1 heterocycles. The summed E-state index contributed by atoms with van der Waals surface area (Å²) in [5.74, 6) is -0.295. The smallest absolute Gasteiger partial charge is 0.387 e. The fraction of sp³-hybridized carbons (Fsp3) is 0.286. The topological polar surface area (TPSA) is 56.1 Å². The van der Waals surface area contributed by atoms with Gasteiger partial charge in [-0.15, -0.1) is 0 Å². The molecule has 1 amide bonds.